The number of rotatable bonds is 5. The zero-order valence-corrected chi connectivity index (χ0v) is 15.5. The summed E-state index contributed by atoms with van der Waals surface area (Å²) in [6.07, 6.45) is -2.04. The highest BCUT2D eigenvalue weighted by molar-refractivity contribution is 7.92. The number of benzene rings is 1. The maximum Gasteiger partial charge on any atom is 0.417 e. The van der Waals surface area contributed by atoms with Crippen molar-refractivity contribution >= 4 is 15.5 Å². The summed E-state index contributed by atoms with van der Waals surface area (Å²) in [6.45, 7) is 0. The molecule has 0 aliphatic rings. The summed E-state index contributed by atoms with van der Waals surface area (Å²) >= 11 is 0. The Labute approximate surface area is 159 Å². The summed E-state index contributed by atoms with van der Waals surface area (Å²) in [5.41, 5.74) is -1.18. The van der Waals surface area contributed by atoms with Gasteiger partial charge in [0, 0.05) is 18.0 Å². The number of aromatic nitrogens is 1. The van der Waals surface area contributed by atoms with Crippen molar-refractivity contribution in [2.24, 2.45) is 4.36 Å². The fourth-order valence-electron chi connectivity index (χ4n) is 2.02. The number of pyridine rings is 1. The number of carbonyl (C=O) groups excluding carboxylic acids is 1. The van der Waals surface area contributed by atoms with Crippen LogP contribution in [0.25, 0.3) is 0 Å². The van der Waals surface area contributed by atoms with E-state index in [1.807, 2.05) is 0 Å². The predicted molar refractivity (Wildman–Crippen MR) is 95.0 cm³/mol. The lowest BCUT2D eigenvalue weighted by molar-refractivity contribution is -0.137. The number of ketones is 1. The van der Waals surface area contributed by atoms with Gasteiger partial charge in [0.2, 0.25) is 5.78 Å². The molecule has 10 heteroatoms. The maximum atomic E-state index is 12.6. The Kier molecular flexibility index (Phi) is 6.20. The van der Waals surface area contributed by atoms with Gasteiger partial charge in [0.1, 0.15) is 22.4 Å². The number of carbonyl (C=O) groups is 1. The molecule has 28 heavy (non-hydrogen) atoms. The number of allylic oxidation sites excluding steroid dienone is 1. The van der Waals surface area contributed by atoms with Crippen LogP contribution in [0, 0.1) is 11.3 Å². The molecule has 0 saturated heterocycles. The van der Waals surface area contributed by atoms with Crippen LogP contribution < -0.4 is 4.74 Å². The first-order valence-electron chi connectivity index (χ1n) is 7.62. The number of nitrogens with zero attached hydrogens (tertiary/aromatic N) is 3. The van der Waals surface area contributed by atoms with Gasteiger partial charge in [0.05, 0.1) is 28.6 Å². The first-order chi connectivity index (χ1) is 13.1. The molecular formula is C18H14F3N3O3S. The summed E-state index contributed by atoms with van der Waals surface area (Å²) in [6, 6.07) is 9.33. The number of ether oxygens (including phenoxy) is 1. The topological polar surface area (TPSA) is 92.4 Å². The SMILES string of the molecule is COc1ccc(C(=O)/C(C#N)=C/N=S(C)(=O)c2ccc(C(F)(F)F)cn2)cc1. The lowest BCUT2D eigenvalue weighted by atomic mass is 10.1. The van der Waals surface area contributed by atoms with Crippen LogP contribution in [0.3, 0.4) is 0 Å². The molecule has 0 aliphatic carbocycles. The van der Waals surface area contributed by atoms with Gasteiger partial charge in [-0.25, -0.2) is 13.6 Å². The first kappa shape index (κ1) is 21.1. The first-order valence-corrected chi connectivity index (χ1v) is 9.54. The molecule has 0 fully saturated rings. The fourth-order valence-corrected chi connectivity index (χ4v) is 3.00. The zero-order chi connectivity index (χ0) is 20.9. The lowest BCUT2D eigenvalue weighted by Gasteiger charge is -2.07. The van der Waals surface area contributed by atoms with Crippen molar-refractivity contribution in [1.82, 2.24) is 4.98 Å². The summed E-state index contributed by atoms with van der Waals surface area (Å²) in [4.78, 5) is 15.9. The third-order valence-electron chi connectivity index (χ3n) is 3.55. The molecule has 1 heterocycles. The second kappa shape index (κ2) is 8.22. The monoisotopic (exact) mass is 409 g/mol. The zero-order valence-electron chi connectivity index (χ0n) is 14.7. The Morgan fingerprint density at radius 2 is 1.89 bits per heavy atom. The summed E-state index contributed by atoms with van der Waals surface area (Å²) < 4.78 is 59.1. The molecule has 0 N–H and O–H groups in total. The summed E-state index contributed by atoms with van der Waals surface area (Å²) in [5.74, 6) is -0.127. The third kappa shape index (κ3) is 4.95. The fraction of sp³-hybridized carbons (Fsp3) is 0.167. The molecule has 1 aromatic carbocycles. The number of nitriles is 1. The average molecular weight is 409 g/mol. The number of methoxy groups -OCH3 is 1. The van der Waals surface area contributed by atoms with Crippen molar-refractivity contribution < 1.29 is 26.9 Å². The van der Waals surface area contributed by atoms with Crippen LogP contribution in [0.15, 0.2) is 63.8 Å². The van der Waals surface area contributed by atoms with E-state index >= 15 is 0 Å². The minimum absolute atomic E-state index is 0.194. The molecule has 6 nitrogen and oxygen atoms in total. The Bertz CT molecular complexity index is 1060. The van der Waals surface area contributed by atoms with Crippen LogP contribution in [0.2, 0.25) is 0 Å². The second-order valence-corrected chi connectivity index (χ2v) is 7.74. The lowest BCUT2D eigenvalue weighted by Crippen LogP contribution is -2.08. The largest absolute Gasteiger partial charge is 0.497 e. The normalized spacial score (nSPS) is 13.9. The van der Waals surface area contributed by atoms with Crippen molar-refractivity contribution in [2.75, 3.05) is 13.4 Å². The van der Waals surface area contributed by atoms with Crippen LogP contribution in [-0.4, -0.2) is 28.3 Å². The third-order valence-corrected chi connectivity index (χ3v) is 5.08. The van der Waals surface area contributed by atoms with E-state index in [2.05, 4.69) is 9.35 Å². The van der Waals surface area contributed by atoms with E-state index in [0.29, 0.717) is 11.9 Å². The molecule has 1 aromatic heterocycles. The molecule has 0 aliphatic heterocycles. The number of halogens is 3. The highest BCUT2D eigenvalue weighted by atomic mass is 32.2. The Hall–Kier alpha value is -3.19. The minimum Gasteiger partial charge on any atom is -0.497 e. The summed E-state index contributed by atoms with van der Waals surface area (Å²) in [5, 5.41) is 8.99. The van der Waals surface area contributed by atoms with E-state index in [0.717, 1.165) is 24.6 Å². The average Bonchev–Trinajstić information content (AvgIpc) is 2.67. The van der Waals surface area contributed by atoms with Crippen molar-refractivity contribution in [3.05, 3.63) is 65.5 Å². The molecule has 146 valence electrons. The highest BCUT2D eigenvalue weighted by Crippen LogP contribution is 2.29. The Balaban J connectivity index is 2.34. The van der Waals surface area contributed by atoms with Gasteiger partial charge in [-0.05, 0) is 36.4 Å². The van der Waals surface area contributed by atoms with Crippen molar-refractivity contribution in [2.45, 2.75) is 11.2 Å². The van der Waals surface area contributed by atoms with Gasteiger partial charge < -0.3 is 4.74 Å². The molecule has 0 saturated carbocycles. The highest BCUT2D eigenvalue weighted by Gasteiger charge is 2.31. The quantitative estimate of drug-likeness (QED) is 0.425. The number of hydrogen-bond donors (Lipinski definition) is 0. The van der Waals surface area contributed by atoms with Gasteiger partial charge in [-0.15, -0.1) is 0 Å². The molecule has 1 atom stereocenters. The van der Waals surface area contributed by atoms with E-state index in [1.54, 1.807) is 6.07 Å². The van der Waals surface area contributed by atoms with Crippen molar-refractivity contribution in [3.63, 3.8) is 0 Å². The van der Waals surface area contributed by atoms with Crippen LogP contribution in [-0.2, 0) is 15.9 Å². The van der Waals surface area contributed by atoms with Gasteiger partial charge in [0.25, 0.3) is 0 Å². The molecule has 0 bridgehead atoms. The standard InChI is InChI=1S/C18H14F3N3O3S/c1-27-15-6-3-12(4-7-15)17(25)13(9-22)10-24-28(2,26)16-8-5-14(11-23-16)18(19,20)21/h3-8,10-11H,1-2H3/b13-10+. The molecular weight excluding hydrogens is 395 g/mol. The Morgan fingerprint density at radius 1 is 1.25 bits per heavy atom. The van der Waals surface area contributed by atoms with Crippen LogP contribution in [0.5, 0.6) is 5.75 Å². The molecule has 1 unspecified atom stereocenters. The molecule has 0 radical (unpaired) electrons. The van der Waals surface area contributed by atoms with Gasteiger partial charge in [-0.1, -0.05) is 0 Å². The Morgan fingerprint density at radius 3 is 2.36 bits per heavy atom. The van der Waals surface area contributed by atoms with Crippen LogP contribution >= 0.6 is 0 Å². The van der Waals surface area contributed by atoms with Gasteiger partial charge in [-0.3, -0.25) is 4.79 Å². The molecule has 0 amide bonds. The van der Waals surface area contributed by atoms with Crippen molar-refractivity contribution in [3.8, 4) is 11.8 Å². The van der Waals surface area contributed by atoms with E-state index in [4.69, 9.17) is 4.74 Å². The van der Waals surface area contributed by atoms with E-state index in [-0.39, 0.29) is 16.2 Å². The van der Waals surface area contributed by atoms with E-state index < -0.39 is 27.3 Å². The van der Waals surface area contributed by atoms with E-state index in [9.17, 15) is 27.4 Å². The van der Waals surface area contributed by atoms with Crippen molar-refractivity contribution in [1.29, 1.82) is 5.26 Å². The van der Waals surface area contributed by atoms with Crippen LogP contribution in [0.4, 0.5) is 13.2 Å². The number of Topliss-reactive ketones (excluding diaryl/α,β-unsaturated/α-hetero) is 1. The summed E-state index contributed by atoms with van der Waals surface area (Å²) in [7, 11) is -1.80. The minimum atomic E-state index is -4.57. The predicted octanol–water partition coefficient (Wildman–Crippen LogP) is 3.86. The van der Waals surface area contributed by atoms with Gasteiger partial charge >= 0.3 is 6.18 Å². The smallest absolute Gasteiger partial charge is 0.417 e. The van der Waals surface area contributed by atoms with Gasteiger partial charge in [-0.2, -0.15) is 18.4 Å². The second-order valence-electron chi connectivity index (χ2n) is 5.50. The van der Waals surface area contributed by atoms with Gasteiger partial charge in [0.15, 0.2) is 0 Å². The molecule has 0 spiro atoms. The number of alkyl halides is 3. The molecule has 2 aromatic rings. The number of hydrogen-bond acceptors (Lipinski definition) is 6. The van der Waals surface area contributed by atoms with E-state index in [1.165, 1.54) is 31.4 Å². The molecule has 2 rings (SSSR count). The maximum absolute atomic E-state index is 12.6. The van der Waals surface area contributed by atoms with Crippen LogP contribution in [0.1, 0.15) is 15.9 Å².